The zero-order valence-electron chi connectivity index (χ0n) is 27.4. The van der Waals surface area contributed by atoms with Crippen LogP contribution in [-0.2, 0) is 0 Å². The molecule has 0 saturated heterocycles. The fourth-order valence-corrected chi connectivity index (χ4v) is 7.10. The Morgan fingerprint density at radius 1 is 0.392 bits per heavy atom. The number of hydrogen-bond donors (Lipinski definition) is 0. The first-order chi connectivity index (χ1) is 25.3. The molecule has 5 heteroatoms. The van der Waals surface area contributed by atoms with Crippen molar-refractivity contribution in [2.75, 3.05) is 0 Å². The van der Waals surface area contributed by atoms with E-state index in [2.05, 4.69) is 91.0 Å². The van der Waals surface area contributed by atoms with Crippen LogP contribution in [0.3, 0.4) is 0 Å². The minimum Gasteiger partial charge on any atom is -0.455 e. The molecule has 0 radical (unpaired) electrons. The second-order valence-corrected chi connectivity index (χ2v) is 12.7. The molecule has 0 amide bonds. The van der Waals surface area contributed by atoms with E-state index < -0.39 is 0 Å². The molecule has 238 valence electrons. The minimum atomic E-state index is 0.602. The van der Waals surface area contributed by atoms with Gasteiger partial charge in [-0.25, -0.2) is 15.0 Å². The van der Waals surface area contributed by atoms with Gasteiger partial charge in [-0.3, -0.25) is 4.98 Å². The van der Waals surface area contributed by atoms with E-state index in [1.54, 1.807) is 0 Å². The van der Waals surface area contributed by atoms with E-state index in [1.165, 1.54) is 10.8 Å². The van der Waals surface area contributed by atoms with Gasteiger partial charge in [-0.1, -0.05) is 133 Å². The third kappa shape index (κ3) is 5.03. The molecule has 0 atom stereocenters. The van der Waals surface area contributed by atoms with Gasteiger partial charge in [0.25, 0.3) is 0 Å². The number of fused-ring (bicyclic) bond motifs is 5. The van der Waals surface area contributed by atoms with E-state index in [0.29, 0.717) is 17.5 Å². The van der Waals surface area contributed by atoms with E-state index >= 15 is 0 Å². The lowest BCUT2D eigenvalue weighted by atomic mass is 9.91. The summed E-state index contributed by atoms with van der Waals surface area (Å²) >= 11 is 0. The normalized spacial score (nSPS) is 11.5. The molecule has 0 spiro atoms. The molecule has 3 heterocycles. The second kappa shape index (κ2) is 11.9. The monoisotopic (exact) mass is 652 g/mol. The minimum absolute atomic E-state index is 0.602. The fourth-order valence-electron chi connectivity index (χ4n) is 7.10. The molecule has 10 rings (SSSR count). The Balaban J connectivity index is 1.25. The van der Waals surface area contributed by atoms with Crippen molar-refractivity contribution in [3.63, 3.8) is 0 Å². The molecule has 5 nitrogen and oxygen atoms in total. The first-order valence-electron chi connectivity index (χ1n) is 17.0. The molecule has 3 aromatic heterocycles. The van der Waals surface area contributed by atoms with Gasteiger partial charge in [0.05, 0.1) is 5.52 Å². The summed E-state index contributed by atoms with van der Waals surface area (Å²) in [6.45, 7) is 0. The van der Waals surface area contributed by atoms with Crippen LogP contribution in [0.4, 0.5) is 0 Å². The van der Waals surface area contributed by atoms with E-state index in [0.717, 1.165) is 71.8 Å². The highest BCUT2D eigenvalue weighted by atomic mass is 16.3. The Bertz CT molecular complexity index is 2860. The molecule has 51 heavy (non-hydrogen) atoms. The summed E-state index contributed by atoms with van der Waals surface area (Å²) in [5.41, 5.74) is 9.48. The van der Waals surface area contributed by atoms with Gasteiger partial charge in [0.15, 0.2) is 17.5 Å². The SMILES string of the molecule is c1ccc(-c2nc(-c3ccccc3)nc(-c3ccccc3-c3ccc(-c4ccc5ccccc5c4)c4oc5cc6cccnc6cc5c34)n2)cc1. The molecule has 0 fully saturated rings. The van der Waals surface area contributed by atoms with Gasteiger partial charge in [-0.05, 0) is 57.8 Å². The molecule has 0 bridgehead atoms. The molecule has 0 aliphatic rings. The van der Waals surface area contributed by atoms with Gasteiger partial charge >= 0.3 is 0 Å². The van der Waals surface area contributed by atoms with E-state index in [4.69, 9.17) is 24.4 Å². The van der Waals surface area contributed by atoms with Gasteiger partial charge in [0, 0.05) is 44.6 Å². The molecule has 7 aromatic carbocycles. The van der Waals surface area contributed by atoms with Crippen LogP contribution in [0.5, 0.6) is 0 Å². The Kier molecular flexibility index (Phi) is 6.74. The summed E-state index contributed by atoms with van der Waals surface area (Å²) in [6, 6.07) is 56.2. The number of aromatic nitrogens is 4. The highest BCUT2D eigenvalue weighted by Gasteiger charge is 2.22. The maximum absolute atomic E-state index is 6.85. The van der Waals surface area contributed by atoms with Gasteiger partial charge in [0.1, 0.15) is 11.2 Å². The van der Waals surface area contributed by atoms with Crippen molar-refractivity contribution in [3.05, 3.63) is 170 Å². The first kappa shape index (κ1) is 29.0. The maximum atomic E-state index is 6.85. The number of furan rings is 1. The van der Waals surface area contributed by atoms with Crippen LogP contribution >= 0.6 is 0 Å². The molecule has 0 unspecified atom stereocenters. The predicted octanol–water partition coefficient (Wildman–Crippen LogP) is 11.8. The summed E-state index contributed by atoms with van der Waals surface area (Å²) < 4.78 is 6.85. The number of nitrogens with zero attached hydrogens (tertiary/aromatic N) is 4. The summed E-state index contributed by atoms with van der Waals surface area (Å²) in [5, 5.41) is 5.45. The topological polar surface area (TPSA) is 64.7 Å². The zero-order chi connectivity index (χ0) is 33.7. The van der Waals surface area contributed by atoms with Crippen molar-refractivity contribution in [3.8, 4) is 56.4 Å². The van der Waals surface area contributed by atoms with Crippen molar-refractivity contribution < 1.29 is 4.42 Å². The van der Waals surface area contributed by atoms with Crippen LogP contribution in [0, 0.1) is 0 Å². The molecule has 0 aliphatic carbocycles. The fraction of sp³-hybridized carbons (Fsp3) is 0. The maximum Gasteiger partial charge on any atom is 0.164 e. The van der Waals surface area contributed by atoms with E-state index in [-0.39, 0.29) is 0 Å². The van der Waals surface area contributed by atoms with Crippen molar-refractivity contribution in [1.29, 1.82) is 0 Å². The van der Waals surface area contributed by atoms with Gasteiger partial charge < -0.3 is 4.42 Å². The van der Waals surface area contributed by atoms with Crippen molar-refractivity contribution in [2.24, 2.45) is 0 Å². The van der Waals surface area contributed by atoms with Gasteiger partial charge in [0.2, 0.25) is 0 Å². The van der Waals surface area contributed by atoms with E-state index in [9.17, 15) is 0 Å². The third-order valence-corrected chi connectivity index (χ3v) is 9.56. The Labute approximate surface area is 293 Å². The summed E-state index contributed by atoms with van der Waals surface area (Å²) in [6.07, 6.45) is 1.84. The molecule has 0 N–H and O–H groups in total. The number of benzene rings is 7. The number of hydrogen-bond acceptors (Lipinski definition) is 5. The zero-order valence-corrected chi connectivity index (χ0v) is 27.4. The summed E-state index contributed by atoms with van der Waals surface area (Å²) in [7, 11) is 0. The van der Waals surface area contributed by atoms with Crippen LogP contribution in [0.2, 0.25) is 0 Å². The highest BCUT2D eigenvalue weighted by molar-refractivity contribution is 6.19. The van der Waals surface area contributed by atoms with Crippen molar-refractivity contribution in [2.45, 2.75) is 0 Å². The average molecular weight is 653 g/mol. The number of rotatable bonds is 5. The quantitative estimate of drug-likeness (QED) is 0.185. The molecule has 0 saturated carbocycles. The van der Waals surface area contributed by atoms with Crippen LogP contribution in [0.15, 0.2) is 174 Å². The summed E-state index contributed by atoms with van der Waals surface area (Å²) in [5.74, 6) is 1.85. The standard InChI is InChI=1S/C46H28N4O/c1-3-13-30(14-4-1)44-48-45(31-15-5-2-6-16-31)50-46(49-44)38-20-10-9-19-36(38)37-24-23-35(33-22-21-29-12-7-8-17-32(29)26-33)43-42(37)39-28-40-34(18-11-25-47-40)27-41(39)51-43/h1-28H. The molecular formula is C46H28N4O. The Morgan fingerprint density at radius 3 is 1.78 bits per heavy atom. The molecule has 0 aliphatic heterocycles. The van der Waals surface area contributed by atoms with Crippen LogP contribution in [0.25, 0.3) is 100 Å². The van der Waals surface area contributed by atoms with E-state index in [1.807, 2.05) is 79.0 Å². The smallest absolute Gasteiger partial charge is 0.164 e. The van der Waals surface area contributed by atoms with Crippen molar-refractivity contribution in [1.82, 2.24) is 19.9 Å². The van der Waals surface area contributed by atoms with Gasteiger partial charge in [-0.15, -0.1) is 0 Å². The third-order valence-electron chi connectivity index (χ3n) is 9.56. The van der Waals surface area contributed by atoms with Crippen LogP contribution in [0.1, 0.15) is 0 Å². The first-order valence-corrected chi connectivity index (χ1v) is 17.0. The number of pyridine rings is 1. The second-order valence-electron chi connectivity index (χ2n) is 12.7. The van der Waals surface area contributed by atoms with Gasteiger partial charge in [-0.2, -0.15) is 0 Å². The molecule has 10 aromatic rings. The predicted molar refractivity (Wildman–Crippen MR) is 207 cm³/mol. The van der Waals surface area contributed by atoms with Crippen LogP contribution in [-0.4, -0.2) is 19.9 Å². The Hall–Kier alpha value is -6.98. The Morgan fingerprint density at radius 2 is 1.02 bits per heavy atom. The summed E-state index contributed by atoms with van der Waals surface area (Å²) in [4.78, 5) is 19.8. The van der Waals surface area contributed by atoms with Crippen molar-refractivity contribution >= 4 is 43.6 Å². The highest BCUT2D eigenvalue weighted by Crippen LogP contribution is 2.45. The average Bonchev–Trinajstić information content (AvgIpc) is 3.58. The largest absolute Gasteiger partial charge is 0.455 e. The lowest BCUT2D eigenvalue weighted by Gasteiger charge is -2.14. The lowest BCUT2D eigenvalue weighted by molar-refractivity contribution is 0.670. The molecular weight excluding hydrogens is 625 g/mol. The van der Waals surface area contributed by atoms with Crippen LogP contribution < -0.4 is 0 Å². The lowest BCUT2D eigenvalue weighted by Crippen LogP contribution is -2.01.